The predicted molar refractivity (Wildman–Crippen MR) is 97.9 cm³/mol. The van der Waals surface area contributed by atoms with Crippen LogP contribution in [0.25, 0.3) is 0 Å². The third-order valence-corrected chi connectivity index (χ3v) is 5.35. The molecule has 0 bridgehead atoms. The van der Waals surface area contributed by atoms with E-state index in [1.54, 1.807) is 24.3 Å². The molecule has 1 saturated heterocycles. The zero-order valence-corrected chi connectivity index (χ0v) is 15.1. The van der Waals surface area contributed by atoms with Crippen molar-refractivity contribution in [3.05, 3.63) is 71.3 Å². The van der Waals surface area contributed by atoms with E-state index < -0.39 is 6.10 Å². The number of benzene rings is 2. The van der Waals surface area contributed by atoms with Crippen LogP contribution >= 0.6 is 0 Å². The Morgan fingerprint density at radius 1 is 0.963 bits per heavy atom. The lowest BCUT2D eigenvalue weighted by Crippen LogP contribution is -2.35. The summed E-state index contributed by atoms with van der Waals surface area (Å²) in [4.78, 5) is 14.4. The molecule has 0 unspecified atom stereocenters. The van der Waals surface area contributed by atoms with E-state index >= 15 is 0 Å². The second-order valence-electron chi connectivity index (χ2n) is 7.44. The fraction of sp³-hybridized carbons (Fsp3) is 0.409. The van der Waals surface area contributed by atoms with Crippen molar-refractivity contribution < 1.29 is 18.3 Å². The van der Waals surface area contributed by atoms with Gasteiger partial charge in [0.25, 0.3) is 0 Å². The van der Waals surface area contributed by atoms with Crippen LogP contribution in [0.1, 0.15) is 49.0 Å². The summed E-state index contributed by atoms with van der Waals surface area (Å²) in [7, 11) is 0. The van der Waals surface area contributed by atoms with Crippen molar-refractivity contribution in [1.29, 1.82) is 0 Å². The van der Waals surface area contributed by atoms with Crippen molar-refractivity contribution in [2.45, 2.75) is 37.8 Å². The van der Waals surface area contributed by atoms with Gasteiger partial charge in [0, 0.05) is 13.0 Å². The number of carbonyl (C=O) groups is 1. The van der Waals surface area contributed by atoms with Gasteiger partial charge in [0.05, 0.1) is 12.6 Å². The fourth-order valence-corrected chi connectivity index (χ4v) is 3.69. The first-order valence-corrected chi connectivity index (χ1v) is 9.54. The Kier molecular flexibility index (Phi) is 5.21. The molecule has 1 aliphatic carbocycles. The number of ether oxygens (including phenoxy) is 1. The highest BCUT2D eigenvalue weighted by Crippen LogP contribution is 2.41. The fourth-order valence-electron chi connectivity index (χ4n) is 3.69. The van der Waals surface area contributed by atoms with Crippen LogP contribution < -0.4 is 0 Å². The van der Waals surface area contributed by atoms with Crippen LogP contribution in [0, 0.1) is 17.6 Å². The minimum Gasteiger partial charge on any atom is -0.371 e. The van der Waals surface area contributed by atoms with Crippen LogP contribution in [-0.2, 0) is 9.53 Å². The van der Waals surface area contributed by atoms with Crippen LogP contribution in [0.2, 0.25) is 0 Å². The molecule has 0 spiro atoms. The third-order valence-electron chi connectivity index (χ3n) is 5.35. The molecule has 1 heterocycles. The third kappa shape index (κ3) is 4.19. The minimum atomic E-state index is -0.418. The topological polar surface area (TPSA) is 29.5 Å². The molecule has 2 aromatic carbocycles. The van der Waals surface area contributed by atoms with E-state index in [0.717, 1.165) is 30.4 Å². The summed E-state index contributed by atoms with van der Waals surface area (Å²) in [6.45, 7) is 1.26. The highest BCUT2D eigenvalue weighted by atomic mass is 19.1. The van der Waals surface area contributed by atoms with E-state index in [4.69, 9.17) is 4.74 Å². The summed E-state index contributed by atoms with van der Waals surface area (Å²) in [5.41, 5.74) is 1.66. The standard InChI is InChI=1S/C22H23F2NO2/c23-18-9-5-16(6-10-18)21(25-13-1-2-20(25)26)22(27-14-15-3-4-15)17-7-11-19(24)12-8-17/h5-12,15,21-22H,1-4,13-14H2/t21-,22+/m0/s1. The van der Waals surface area contributed by atoms with Crippen molar-refractivity contribution in [3.8, 4) is 0 Å². The quantitative estimate of drug-likeness (QED) is 0.700. The zero-order chi connectivity index (χ0) is 18.8. The number of carbonyl (C=O) groups excluding carboxylic acids is 1. The Morgan fingerprint density at radius 3 is 2.07 bits per heavy atom. The van der Waals surface area contributed by atoms with Crippen molar-refractivity contribution in [3.63, 3.8) is 0 Å². The first-order chi connectivity index (χ1) is 13.1. The summed E-state index contributed by atoms with van der Waals surface area (Å²) < 4.78 is 33.2. The molecular formula is C22H23F2NO2. The highest BCUT2D eigenvalue weighted by molar-refractivity contribution is 5.78. The number of likely N-dealkylation sites (tertiary alicyclic amines) is 1. The Morgan fingerprint density at radius 2 is 1.56 bits per heavy atom. The Bertz CT molecular complexity index is 787. The van der Waals surface area contributed by atoms with E-state index in [0.29, 0.717) is 25.5 Å². The van der Waals surface area contributed by atoms with Crippen LogP contribution in [0.5, 0.6) is 0 Å². The van der Waals surface area contributed by atoms with E-state index in [2.05, 4.69) is 0 Å². The summed E-state index contributed by atoms with van der Waals surface area (Å²) in [6, 6.07) is 12.1. The van der Waals surface area contributed by atoms with Crippen LogP contribution in [0.4, 0.5) is 8.78 Å². The maximum Gasteiger partial charge on any atom is 0.223 e. The largest absolute Gasteiger partial charge is 0.371 e. The van der Waals surface area contributed by atoms with Crippen LogP contribution in [-0.4, -0.2) is 24.0 Å². The number of hydrogen-bond donors (Lipinski definition) is 0. The average Bonchev–Trinajstić information content (AvgIpc) is 3.41. The molecule has 1 amide bonds. The number of halogens is 2. The Hall–Kier alpha value is -2.27. The first-order valence-electron chi connectivity index (χ1n) is 9.54. The molecule has 0 radical (unpaired) electrons. The zero-order valence-electron chi connectivity index (χ0n) is 15.1. The van der Waals surface area contributed by atoms with E-state index in [1.165, 1.54) is 24.3 Å². The monoisotopic (exact) mass is 371 g/mol. The first kappa shape index (κ1) is 18.1. The predicted octanol–water partition coefficient (Wildman–Crippen LogP) is 4.80. The van der Waals surface area contributed by atoms with Crippen LogP contribution in [0.3, 0.4) is 0 Å². The van der Waals surface area contributed by atoms with Gasteiger partial charge in [-0.05, 0) is 60.6 Å². The highest BCUT2D eigenvalue weighted by Gasteiger charge is 2.37. The normalized spacial score (nSPS) is 19.3. The molecule has 1 saturated carbocycles. The number of rotatable bonds is 7. The summed E-state index contributed by atoms with van der Waals surface area (Å²) >= 11 is 0. The molecule has 0 N–H and O–H groups in total. The summed E-state index contributed by atoms with van der Waals surface area (Å²) in [5, 5.41) is 0. The van der Waals surface area contributed by atoms with Gasteiger partial charge in [-0.1, -0.05) is 24.3 Å². The molecule has 2 fully saturated rings. The van der Waals surface area contributed by atoms with Gasteiger partial charge in [-0.15, -0.1) is 0 Å². The van der Waals surface area contributed by atoms with Gasteiger partial charge in [0.15, 0.2) is 0 Å². The van der Waals surface area contributed by atoms with E-state index in [9.17, 15) is 13.6 Å². The van der Waals surface area contributed by atoms with Crippen molar-refractivity contribution in [1.82, 2.24) is 4.90 Å². The molecule has 142 valence electrons. The van der Waals surface area contributed by atoms with Gasteiger partial charge in [-0.2, -0.15) is 0 Å². The molecular weight excluding hydrogens is 348 g/mol. The Balaban J connectivity index is 1.72. The van der Waals surface area contributed by atoms with Crippen molar-refractivity contribution in [2.24, 2.45) is 5.92 Å². The average molecular weight is 371 g/mol. The maximum absolute atomic E-state index is 13.5. The number of amides is 1. The molecule has 2 aliphatic rings. The lowest BCUT2D eigenvalue weighted by Gasteiger charge is -2.35. The molecule has 2 aromatic rings. The van der Waals surface area contributed by atoms with Gasteiger partial charge >= 0.3 is 0 Å². The van der Waals surface area contributed by atoms with E-state index in [-0.39, 0.29) is 23.6 Å². The molecule has 5 heteroatoms. The maximum atomic E-state index is 13.5. The van der Waals surface area contributed by atoms with E-state index in [1.807, 2.05) is 4.90 Å². The number of hydrogen-bond acceptors (Lipinski definition) is 2. The summed E-state index contributed by atoms with van der Waals surface area (Å²) in [5.74, 6) is 0.000285. The molecule has 4 rings (SSSR count). The second kappa shape index (κ2) is 7.77. The summed E-state index contributed by atoms with van der Waals surface area (Å²) in [6.07, 6.45) is 3.20. The van der Waals surface area contributed by atoms with Gasteiger partial charge < -0.3 is 9.64 Å². The second-order valence-corrected chi connectivity index (χ2v) is 7.44. The smallest absolute Gasteiger partial charge is 0.223 e. The lowest BCUT2D eigenvalue weighted by atomic mass is 9.94. The lowest BCUT2D eigenvalue weighted by molar-refractivity contribution is -0.133. The van der Waals surface area contributed by atoms with Gasteiger partial charge in [-0.25, -0.2) is 8.78 Å². The van der Waals surface area contributed by atoms with Gasteiger partial charge in [0.1, 0.15) is 17.7 Å². The van der Waals surface area contributed by atoms with Crippen molar-refractivity contribution in [2.75, 3.05) is 13.2 Å². The molecule has 3 nitrogen and oxygen atoms in total. The van der Waals surface area contributed by atoms with Crippen LogP contribution in [0.15, 0.2) is 48.5 Å². The van der Waals surface area contributed by atoms with Crippen molar-refractivity contribution >= 4 is 5.91 Å². The Labute approximate surface area is 157 Å². The SMILES string of the molecule is O=C1CCCN1[C@@H](c1ccc(F)cc1)[C@H](OCC1CC1)c1ccc(F)cc1. The molecule has 0 aromatic heterocycles. The minimum absolute atomic E-state index is 0.0754. The van der Waals surface area contributed by atoms with Gasteiger partial charge in [-0.3, -0.25) is 4.79 Å². The number of nitrogens with zero attached hydrogens (tertiary/aromatic N) is 1. The molecule has 27 heavy (non-hydrogen) atoms. The van der Waals surface area contributed by atoms with Gasteiger partial charge in [0.2, 0.25) is 5.91 Å². The molecule has 1 aliphatic heterocycles. The molecule has 2 atom stereocenters.